The van der Waals surface area contributed by atoms with Gasteiger partial charge in [-0.2, -0.15) is 4.39 Å². The normalized spacial score (nSPS) is 10.1. The summed E-state index contributed by atoms with van der Waals surface area (Å²) in [5.41, 5.74) is 4.47. The Hall–Kier alpha value is -2.83. The van der Waals surface area contributed by atoms with Crippen molar-refractivity contribution in [2.45, 2.75) is 0 Å². The van der Waals surface area contributed by atoms with E-state index in [1.165, 1.54) is 24.4 Å². The number of hydrogen-bond acceptors (Lipinski definition) is 3. The third kappa shape index (κ3) is 2.77. The lowest BCUT2D eigenvalue weighted by Gasteiger charge is -2.07. The first-order valence-corrected chi connectivity index (χ1v) is 5.50. The fourth-order valence-electron chi connectivity index (χ4n) is 1.55. The summed E-state index contributed by atoms with van der Waals surface area (Å²) in [7, 11) is 0. The fourth-order valence-corrected chi connectivity index (χ4v) is 1.55. The molecule has 0 aliphatic rings. The van der Waals surface area contributed by atoms with Gasteiger partial charge in [0.2, 0.25) is 5.95 Å². The van der Waals surface area contributed by atoms with Crippen molar-refractivity contribution in [2.75, 3.05) is 5.32 Å². The van der Waals surface area contributed by atoms with Crippen LogP contribution in [0.2, 0.25) is 0 Å². The van der Waals surface area contributed by atoms with Gasteiger partial charge in [-0.3, -0.25) is 9.59 Å². The van der Waals surface area contributed by atoms with Gasteiger partial charge in [-0.15, -0.1) is 0 Å². The number of hydrogen-bond donors (Lipinski definition) is 2. The first-order chi connectivity index (χ1) is 9.49. The van der Waals surface area contributed by atoms with E-state index in [0.717, 1.165) is 12.1 Å². The molecule has 0 saturated carbocycles. The minimum Gasteiger partial charge on any atom is -0.366 e. The van der Waals surface area contributed by atoms with E-state index in [2.05, 4.69) is 10.3 Å². The van der Waals surface area contributed by atoms with Crippen molar-refractivity contribution in [1.29, 1.82) is 0 Å². The molecule has 0 radical (unpaired) electrons. The van der Waals surface area contributed by atoms with E-state index in [-0.39, 0.29) is 16.8 Å². The highest BCUT2D eigenvalue weighted by atomic mass is 19.1. The molecule has 1 aromatic carbocycles. The predicted molar refractivity (Wildman–Crippen MR) is 67.1 cm³/mol. The van der Waals surface area contributed by atoms with Crippen LogP contribution < -0.4 is 11.1 Å². The Morgan fingerprint density at radius 2 is 1.90 bits per heavy atom. The predicted octanol–water partition coefficient (Wildman–Crippen LogP) is 1.71. The molecule has 1 heterocycles. The standard InChI is InChI=1S/C13H9F2N3O2/c14-10-4-3-7(6-9(10)12(16)19)18-13(20)8-2-1-5-17-11(8)15/h1-6H,(H2,16,19)(H,18,20). The molecule has 0 spiro atoms. The number of pyridine rings is 1. The van der Waals surface area contributed by atoms with Crippen molar-refractivity contribution in [3.8, 4) is 0 Å². The van der Waals surface area contributed by atoms with Crippen LogP contribution in [-0.2, 0) is 0 Å². The van der Waals surface area contributed by atoms with E-state index in [4.69, 9.17) is 5.73 Å². The van der Waals surface area contributed by atoms with E-state index in [9.17, 15) is 18.4 Å². The minimum atomic E-state index is -0.967. The average Bonchev–Trinajstić information content (AvgIpc) is 2.41. The number of aromatic nitrogens is 1. The molecule has 1 aromatic heterocycles. The number of primary amides is 1. The van der Waals surface area contributed by atoms with Gasteiger partial charge in [0.15, 0.2) is 0 Å². The summed E-state index contributed by atoms with van der Waals surface area (Å²) in [6.45, 7) is 0. The van der Waals surface area contributed by atoms with Gasteiger partial charge in [-0.1, -0.05) is 0 Å². The number of benzene rings is 1. The Bertz CT molecular complexity index is 689. The molecule has 0 fully saturated rings. The number of anilines is 1. The molecule has 3 N–H and O–H groups in total. The molecule has 0 unspecified atom stereocenters. The van der Waals surface area contributed by atoms with Gasteiger partial charge >= 0.3 is 0 Å². The molecular weight excluding hydrogens is 268 g/mol. The summed E-state index contributed by atoms with van der Waals surface area (Å²) in [4.78, 5) is 26.1. The molecule has 0 aliphatic heterocycles. The van der Waals surface area contributed by atoms with Crippen molar-refractivity contribution < 1.29 is 18.4 Å². The van der Waals surface area contributed by atoms with Crippen LogP contribution in [0.25, 0.3) is 0 Å². The smallest absolute Gasteiger partial charge is 0.260 e. The summed E-state index contributed by atoms with van der Waals surface area (Å²) in [6, 6.07) is 5.93. The van der Waals surface area contributed by atoms with Crippen LogP contribution in [0.4, 0.5) is 14.5 Å². The maximum absolute atomic E-state index is 13.3. The molecule has 0 aliphatic carbocycles. The second-order valence-electron chi connectivity index (χ2n) is 3.85. The van der Waals surface area contributed by atoms with Crippen LogP contribution in [0.5, 0.6) is 0 Å². The number of carbonyl (C=O) groups is 2. The second kappa shape index (κ2) is 5.43. The molecule has 7 heteroatoms. The van der Waals surface area contributed by atoms with E-state index < -0.39 is 23.6 Å². The third-order valence-corrected chi connectivity index (χ3v) is 2.49. The first kappa shape index (κ1) is 13.6. The zero-order chi connectivity index (χ0) is 14.7. The van der Waals surface area contributed by atoms with Crippen LogP contribution in [0.1, 0.15) is 20.7 Å². The zero-order valence-corrected chi connectivity index (χ0v) is 10.1. The Morgan fingerprint density at radius 1 is 1.15 bits per heavy atom. The van der Waals surface area contributed by atoms with Gasteiger partial charge in [-0.25, -0.2) is 9.37 Å². The lowest BCUT2D eigenvalue weighted by Crippen LogP contribution is -2.17. The fraction of sp³-hybridized carbons (Fsp3) is 0. The number of nitrogens with one attached hydrogen (secondary N) is 1. The molecular formula is C13H9F2N3O2. The molecule has 0 atom stereocenters. The first-order valence-electron chi connectivity index (χ1n) is 5.50. The molecule has 5 nitrogen and oxygen atoms in total. The van der Waals surface area contributed by atoms with E-state index in [0.29, 0.717) is 0 Å². The van der Waals surface area contributed by atoms with Crippen molar-refractivity contribution in [3.63, 3.8) is 0 Å². The van der Waals surface area contributed by atoms with Crippen molar-refractivity contribution in [3.05, 3.63) is 59.4 Å². The van der Waals surface area contributed by atoms with Gasteiger partial charge in [0.1, 0.15) is 5.82 Å². The lowest BCUT2D eigenvalue weighted by atomic mass is 10.1. The molecule has 2 amide bonds. The van der Waals surface area contributed by atoms with E-state index in [1.807, 2.05) is 0 Å². The van der Waals surface area contributed by atoms with Gasteiger partial charge < -0.3 is 11.1 Å². The molecule has 2 aromatic rings. The Labute approximate surface area is 112 Å². The van der Waals surface area contributed by atoms with Crippen LogP contribution in [-0.4, -0.2) is 16.8 Å². The number of halogens is 2. The monoisotopic (exact) mass is 277 g/mol. The SMILES string of the molecule is NC(=O)c1cc(NC(=O)c2cccnc2F)ccc1F. The summed E-state index contributed by atoms with van der Waals surface area (Å²) < 4.78 is 26.6. The zero-order valence-electron chi connectivity index (χ0n) is 10.1. The largest absolute Gasteiger partial charge is 0.366 e. The minimum absolute atomic E-state index is 0.119. The van der Waals surface area contributed by atoms with E-state index in [1.54, 1.807) is 0 Å². The number of nitrogens with two attached hydrogens (primary N) is 1. The molecule has 102 valence electrons. The highest BCUT2D eigenvalue weighted by Gasteiger charge is 2.14. The van der Waals surface area contributed by atoms with Gasteiger partial charge in [0, 0.05) is 11.9 Å². The average molecular weight is 277 g/mol. The van der Waals surface area contributed by atoms with Crippen molar-refractivity contribution >= 4 is 17.5 Å². The number of rotatable bonds is 3. The molecule has 2 rings (SSSR count). The topological polar surface area (TPSA) is 85.1 Å². The Morgan fingerprint density at radius 3 is 2.55 bits per heavy atom. The van der Waals surface area contributed by atoms with Gasteiger partial charge in [0.05, 0.1) is 11.1 Å². The summed E-state index contributed by atoms with van der Waals surface area (Å²) in [5.74, 6) is -3.46. The summed E-state index contributed by atoms with van der Waals surface area (Å²) >= 11 is 0. The number of nitrogens with zero attached hydrogens (tertiary/aromatic N) is 1. The van der Waals surface area contributed by atoms with Crippen LogP contribution in [0, 0.1) is 11.8 Å². The highest BCUT2D eigenvalue weighted by Crippen LogP contribution is 2.16. The van der Waals surface area contributed by atoms with Crippen LogP contribution >= 0.6 is 0 Å². The van der Waals surface area contributed by atoms with Crippen LogP contribution in [0.3, 0.4) is 0 Å². The maximum Gasteiger partial charge on any atom is 0.260 e. The van der Waals surface area contributed by atoms with Crippen LogP contribution in [0.15, 0.2) is 36.5 Å². The molecule has 20 heavy (non-hydrogen) atoms. The molecule has 0 bridgehead atoms. The Kier molecular flexibility index (Phi) is 3.69. The number of carbonyl (C=O) groups excluding carboxylic acids is 2. The molecule has 0 saturated heterocycles. The lowest BCUT2D eigenvalue weighted by molar-refractivity contribution is 0.0992. The number of amides is 2. The third-order valence-electron chi connectivity index (χ3n) is 2.49. The highest BCUT2D eigenvalue weighted by molar-refractivity contribution is 6.05. The van der Waals surface area contributed by atoms with E-state index >= 15 is 0 Å². The van der Waals surface area contributed by atoms with Crippen molar-refractivity contribution in [1.82, 2.24) is 4.98 Å². The van der Waals surface area contributed by atoms with Crippen molar-refractivity contribution in [2.24, 2.45) is 5.73 Å². The Balaban J connectivity index is 2.27. The maximum atomic E-state index is 13.3. The second-order valence-corrected chi connectivity index (χ2v) is 3.85. The summed E-state index contributed by atoms with van der Waals surface area (Å²) in [5, 5.41) is 2.33. The van der Waals surface area contributed by atoms with Gasteiger partial charge in [-0.05, 0) is 30.3 Å². The van der Waals surface area contributed by atoms with Gasteiger partial charge in [0.25, 0.3) is 11.8 Å². The quantitative estimate of drug-likeness (QED) is 0.837. The summed E-state index contributed by atoms with van der Waals surface area (Å²) in [6.07, 6.45) is 1.20.